The SMILES string of the molecule is CC(Cl)C(=O)NCCCC1CCCC1. The van der Waals surface area contributed by atoms with Crippen LogP contribution in [0, 0.1) is 5.92 Å². The summed E-state index contributed by atoms with van der Waals surface area (Å²) in [5.74, 6) is 0.874. The zero-order valence-corrected chi connectivity index (χ0v) is 9.65. The maximum atomic E-state index is 11.1. The molecular formula is C11H20ClNO. The lowest BCUT2D eigenvalue weighted by Gasteiger charge is -2.09. The Hall–Kier alpha value is -0.240. The molecule has 2 nitrogen and oxygen atoms in total. The lowest BCUT2D eigenvalue weighted by atomic mass is 10.0. The molecule has 1 rings (SSSR count). The van der Waals surface area contributed by atoms with E-state index in [1.165, 1.54) is 32.1 Å². The Morgan fingerprint density at radius 2 is 2.14 bits per heavy atom. The third kappa shape index (κ3) is 4.32. The summed E-state index contributed by atoms with van der Waals surface area (Å²) in [5, 5.41) is 2.43. The predicted octanol–water partition coefficient (Wildman–Crippen LogP) is 2.70. The number of carbonyl (C=O) groups excluding carboxylic acids is 1. The van der Waals surface area contributed by atoms with Crippen LogP contribution in [-0.2, 0) is 4.79 Å². The van der Waals surface area contributed by atoms with Gasteiger partial charge in [0, 0.05) is 6.54 Å². The van der Waals surface area contributed by atoms with Crippen LogP contribution in [-0.4, -0.2) is 17.8 Å². The molecule has 1 N–H and O–H groups in total. The van der Waals surface area contributed by atoms with Crippen molar-refractivity contribution in [3.8, 4) is 0 Å². The summed E-state index contributed by atoms with van der Waals surface area (Å²) in [4.78, 5) is 11.1. The molecule has 0 radical (unpaired) electrons. The van der Waals surface area contributed by atoms with Crippen LogP contribution in [0.1, 0.15) is 45.4 Å². The van der Waals surface area contributed by atoms with Crippen LogP contribution >= 0.6 is 11.6 Å². The number of halogens is 1. The molecule has 0 spiro atoms. The van der Waals surface area contributed by atoms with Gasteiger partial charge in [-0.15, -0.1) is 11.6 Å². The number of hydrogen-bond acceptors (Lipinski definition) is 1. The molecule has 1 unspecified atom stereocenters. The van der Waals surface area contributed by atoms with Gasteiger partial charge in [-0.3, -0.25) is 4.79 Å². The minimum absolute atomic E-state index is 0.0434. The first kappa shape index (κ1) is 11.8. The predicted molar refractivity (Wildman–Crippen MR) is 59.5 cm³/mol. The molecule has 0 heterocycles. The van der Waals surface area contributed by atoms with Crippen LogP contribution in [0.2, 0.25) is 0 Å². The number of nitrogens with one attached hydrogen (secondary N) is 1. The molecule has 1 aliphatic carbocycles. The first-order valence-corrected chi connectivity index (χ1v) is 6.05. The fraction of sp³-hybridized carbons (Fsp3) is 0.909. The highest BCUT2D eigenvalue weighted by molar-refractivity contribution is 6.30. The maximum Gasteiger partial charge on any atom is 0.237 e. The molecule has 0 saturated heterocycles. The minimum Gasteiger partial charge on any atom is -0.355 e. The highest BCUT2D eigenvalue weighted by Crippen LogP contribution is 2.28. The van der Waals surface area contributed by atoms with Crippen LogP contribution in [0.5, 0.6) is 0 Å². The van der Waals surface area contributed by atoms with Crippen molar-refractivity contribution in [3.63, 3.8) is 0 Å². The van der Waals surface area contributed by atoms with Crippen LogP contribution in [0.25, 0.3) is 0 Å². The number of carbonyl (C=O) groups is 1. The van der Waals surface area contributed by atoms with Crippen molar-refractivity contribution in [2.75, 3.05) is 6.54 Å². The van der Waals surface area contributed by atoms with Crippen molar-refractivity contribution in [3.05, 3.63) is 0 Å². The summed E-state index contributed by atoms with van der Waals surface area (Å²) < 4.78 is 0. The van der Waals surface area contributed by atoms with E-state index < -0.39 is 5.38 Å². The van der Waals surface area contributed by atoms with E-state index in [1.807, 2.05) is 0 Å². The Labute approximate surface area is 91.4 Å². The van der Waals surface area contributed by atoms with Crippen molar-refractivity contribution in [1.29, 1.82) is 0 Å². The molecular weight excluding hydrogens is 198 g/mol. The number of rotatable bonds is 5. The number of hydrogen-bond donors (Lipinski definition) is 1. The van der Waals surface area contributed by atoms with Gasteiger partial charge >= 0.3 is 0 Å². The minimum atomic E-state index is -0.401. The highest BCUT2D eigenvalue weighted by Gasteiger charge is 2.14. The summed E-state index contributed by atoms with van der Waals surface area (Å²) in [6.07, 6.45) is 7.93. The average molecular weight is 218 g/mol. The van der Waals surface area contributed by atoms with Gasteiger partial charge in [0.25, 0.3) is 0 Å². The Bertz CT molecular complexity index is 176. The zero-order valence-electron chi connectivity index (χ0n) is 8.89. The normalized spacial score (nSPS) is 19.6. The second kappa shape index (κ2) is 6.28. The van der Waals surface area contributed by atoms with Crippen LogP contribution in [0.3, 0.4) is 0 Å². The van der Waals surface area contributed by atoms with E-state index in [1.54, 1.807) is 6.92 Å². The highest BCUT2D eigenvalue weighted by atomic mass is 35.5. The summed E-state index contributed by atoms with van der Waals surface area (Å²) >= 11 is 5.62. The number of alkyl halides is 1. The first-order valence-electron chi connectivity index (χ1n) is 5.62. The van der Waals surface area contributed by atoms with Gasteiger partial charge in [0.1, 0.15) is 5.38 Å². The van der Waals surface area contributed by atoms with Crippen molar-refractivity contribution < 1.29 is 4.79 Å². The molecule has 1 amide bonds. The standard InChI is InChI=1S/C11H20ClNO/c1-9(12)11(14)13-8-4-7-10-5-2-3-6-10/h9-10H,2-8H2,1H3,(H,13,14). The van der Waals surface area contributed by atoms with E-state index in [9.17, 15) is 4.79 Å². The topological polar surface area (TPSA) is 29.1 Å². The average Bonchev–Trinajstić information content (AvgIpc) is 2.64. The van der Waals surface area contributed by atoms with Crippen molar-refractivity contribution >= 4 is 17.5 Å². The van der Waals surface area contributed by atoms with Gasteiger partial charge in [-0.25, -0.2) is 0 Å². The molecule has 0 aromatic heterocycles. The molecule has 1 saturated carbocycles. The Morgan fingerprint density at radius 1 is 1.50 bits per heavy atom. The van der Waals surface area contributed by atoms with E-state index in [2.05, 4.69) is 5.32 Å². The smallest absolute Gasteiger partial charge is 0.237 e. The van der Waals surface area contributed by atoms with Gasteiger partial charge in [-0.1, -0.05) is 25.7 Å². The molecule has 1 atom stereocenters. The molecule has 0 aliphatic heterocycles. The lowest BCUT2D eigenvalue weighted by molar-refractivity contribution is -0.120. The summed E-state index contributed by atoms with van der Waals surface area (Å²) in [6, 6.07) is 0. The van der Waals surface area contributed by atoms with E-state index >= 15 is 0 Å². The third-order valence-corrected chi connectivity index (χ3v) is 3.12. The Kier molecular flexibility index (Phi) is 5.31. The third-order valence-electron chi connectivity index (χ3n) is 2.92. The van der Waals surface area contributed by atoms with Gasteiger partial charge < -0.3 is 5.32 Å². The summed E-state index contributed by atoms with van der Waals surface area (Å²) in [5.41, 5.74) is 0. The van der Waals surface area contributed by atoms with Crippen molar-refractivity contribution in [2.45, 2.75) is 50.8 Å². The number of amides is 1. The second-order valence-electron chi connectivity index (χ2n) is 4.20. The summed E-state index contributed by atoms with van der Waals surface area (Å²) in [7, 11) is 0. The molecule has 82 valence electrons. The molecule has 1 aliphatic rings. The van der Waals surface area contributed by atoms with Gasteiger partial charge in [0.2, 0.25) is 5.91 Å². The Balaban J connectivity index is 1.96. The van der Waals surface area contributed by atoms with Gasteiger partial charge in [0.05, 0.1) is 0 Å². The van der Waals surface area contributed by atoms with Crippen LogP contribution < -0.4 is 5.32 Å². The van der Waals surface area contributed by atoms with Crippen molar-refractivity contribution in [1.82, 2.24) is 5.32 Å². The monoisotopic (exact) mass is 217 g/mol. The second-order valence-corrected chi connectivity index (χ2v) is 4.85. The van der Waals surface area contributed by atoms with E-state index in [0.29, 0.717) is 0 Å². The van der Waals surface area contributed by atoms with Crippen LogP contribution in [0.15, 0.2) is 0 Å². The fourth-order valence-corrected chi connectivity index (χ4v) is 2.12. The van der Waals surface area contributed by atoms with E-state index in [0.717, 1.165) is 18.9 Å². The van der Waals surface area contributed by atoms with Gasteiger partial charge in [-0.2, -0.15) is 0 Å². The molecule has 3 heteroatoms. The maximum absolute atomic E-state index is 11.1. The van der Waals surface area contributed by atoms with Gasteiger partial charge in [0.15, 0.2) is 0 Å². The largest absolute Gasteiger partial charge is 0.355 e. The van der Waals surface area contributed by atoms with Crippen molar-refractivity contribution in [2.24, 2.45) is 5.92 Å². The Morgan fingerprint density at radius 3 is 2.71 bits per heavy atom. The fourth-order valence-electron chi connectivity index (χ4n) is 2.04. The van der Waals surface area contributed by atoms with Crippen LogP contribution in [0.4, 0.5) is 0 Å². The quantitative estimate of drug-likeness (QED) is 0.557. The molecule has 0 bridgehead atoms. The van der Waals surface area contributed by atoms with E-state index in [4.69, 9.17) is 11.6 Å². The summed E-state index contributed by atoms with van der Waals surface area (Å²) in [6.45, 7) is 2.49. The van der Waals surface area contributed by atoms with E-state index in [-0.39, 0.29) is 5.91 Å². The molecule has 1 fully saturated rings. The molecule has 14 heavy (non-hydrogen) atoms. The first-order chi connectivity index (χ1) is 6.70. The molecule has 0 aromatic carbocycles. The van der Waals surface area contributed by atoms with Gasteiger partial charge in [-0.05, 0) is 25.7 Å². The zero-order chi connectivity index (χ0) is 10.4. The lowest BCUT2D eigenvalue weighted by Crippen LogP contribution is -2.30. The molecule has 0 aromatic rings.